The zero-order valence-electron chi connectivity index (χ0n) is 23.6. The van der Waals surface area contributed by atoms with Gasteiger partial charge in [0.15, 0.2) is 0 Å². The Morgan fingerprint density at radius 3 is 2.36 bits per heavy atom. The van der Waals surface area contributed by atoms with Gasteiger partial charge in [-0.2, -0.15) is 0 Å². The summed E-state index contributed by atoms with van der Waals surface area (Å²) in [5.74, 6) is -2.60. The van der Waals surface area contributed by atoms with Crippen LogP contribution in [0.3, 0.4) is 0 Å². The number of carbonyl (C=O) groups is 5. The number of pyridine rings is 1. The Morgan fingerprint density at radius 1 is 1.11 bits per heavy atom. The highest BCUT2D eigenvalue weighted by Crippen LogP contribution is 2.41. The summed E-state index contributed by atoms with van der Waals surface area (Å²) in [6.07, 6.45) is 1.84. The predicted octanol–water partition coefficient (Wildman–Crippen LogP) is 0.108. The molecule has 1 atom stereocenters. The number of aryl methyl sites for hydroxylation is 1. The first-order valence-corrected chi connectivity index (χ1v) is 14.8. The molecule has 17 nitrogen and oxygen atoms in total. The molecule has 0 spiro atoms. The third-order valence-corrected chi connectivity index (χ3v) is 8.21. The van der Waals surface area contributed by atoms with Gasteiger partial charge in [-0.25, -0.2) is 9.48 Å². The second kappa shape index (κ2) is 15.5. The molecule has 238 valence electrons. The zero-order chi connectivity index (χ0) is 33.3. The van der Waals surface area contributed by atoms with Gasteiger partial charge >= 0.3 is 11.9 Å². The quantitative estimate of drug-likeness (QED) is 0.131. The highest BCUT2D eigenvalue weighted by Gasteiger charge is 2.45. The van der Waals surface area contributed by atoms with Gasteiger partial charge in [-0.3, -0.25) is 29.1 Å². The number of aliphatic carboxylic acids is 2. The molecule has 19 heteroatoms. The molecule has 0 saturated carbocycles. The van der Waals surface area contributed by atoms with Crippen molar-refractivity contribution in [2.24, 2.45) is 11.5 Å². The predicted molar refractivity (Wildman–Crippen MR) is 159 cm³/mol. The molecule has 8 N–H and O–H groups in total. The number of hydrogen-bond acceptors (Lipinski definition) is 13. The van der Waals surface area contributed by atoms with Crippen LogP contribution in [0.2, 0.25) is 0 Å². The smallest absolute Gasteiger partial charge is 0.352 e. The maximum absolute atomic E-state index is 11.6. The van der Waals surface area contributed by atoms with Crippen LogP contribution in [0.5, 0.6) is 11.5 Å². The van der Waals surface area contributed by atoms with E-state index < -0.39 is 17.8 Å². The molecule has 1 saturated heterocycles. The number of tetrazole rings is 1. The van der Waals surface area contributed by atoms with Gasteiger partial charge in [0, 0.05) is 29.5 Å². The number of β-lactam (4-membered cyclic amide) rings is 1. The molecule has 45 heavy (non-hydrogen) atoms. The lowest BCUT2D eigenvalue weighted by Gasteiger charge is -2.43. The molecule has 1 aromatic carbocycles. The maximum atomic E-state index is 11.6. The lowest BCUT2D eigenvalue weighted by molar-refractivity contribution is -0.146. The van der Waals surface area contributed by atoms with E-state index in [1.165, 1.54) is 41.1 Å². The SMILES string of the molecule is Cc1cc(O)c(C(N)=O)cn1.NC(=O)Cc1ccc(O)cc1.O=C(O)Cn1nnnc1SCC1=C(C(=O)O)N2C(=O)C[C@@H]2SC1. The van der Waals surface area contributed by atoms with Crippen molar-refractivity contribution in [2.45, 2.75) is 36.8 Å². The molecular formula is C26H28N8O9S2. The summed E-state index contributed by atoms with van der Waals surface area (Å²) >= 11 is 2.66. The Morgan fingerprint density at radius 2 is 1.80 bits per heavy atom. The van der Waals surface area contributed by atoms with E-state index in [-0.39, 0.29) is 63.8 Å². The second-order valence-electron chi connectivity index (χ2n) is 9.31. The first kappa shape index (κ1) is 34.3. The Labute approximate surface area is 263 Å². The fraction of sp³-hybridized carbons (Fsp3) is 0.269. The van der Waals surface area contributed by atoms with Crippen LogP contribution < -0.4 is 11.5 Å². The number of carbonyl (C=O) groups excluding carboxylic acids is 3. The van der Waals surface area contributed by atoms with Crippen molar-refractivity contribution < 1.29 is 44.4 Å². The molecule has 0 radical (unpaired) electrons. The Hall–Kier alpha value is -5.17. The van der Waals surface area contributed by atoms with Crippen LogP contribution in [-0.2, 0) is 32.1 Å². The number of aromatic hydroxyl groups is 2. The van der Waals surface area contributed by atoms with Gasteiger partial charge < -0.3 is 31.9 Å². The molecule has 0 unspecified atom stereocenters. The van der Waals surface area contributed by atoms with Crippen LogP contribution in [0.4, 0.5) is 0 Å². The van der Waals surface area contributed by atoms with Crippen molar-refractivity contribution in [1.82, 2.24) is 30.1 Å². The van der Waals surface area contributed by atoms with Crippen molar-refractivity contribution in [3.8, 4) is 11.5 Å². The van der Waals surface area contributed by atoms with E-state index in [1.807, 2.05) is 0 Å². The summed E-state index contributed by atoms with van der Waals surface area (Å²) < 4.78 is 1.13. The summed E-state index contributed by atoms with van der Waals surface area (Å²) in [7, 11) is 0. The van der Waals surface area contributed by atoms with E-state index in [0.29, 0.717) is 23.4 Å². The molecule has 2 aliphatic rings. The Balaban J connectivity index is 0.000000210. The molecule has 0 aliphatic carbocycles. The average molecular weight is 661 g/mol. The first-order chi connectivity index (χ1) is 21.3. The van der Waals surface area contributed by atoms with Gasteiger partial charge in [0.25, 0.3) is 5.91 Å². The topological polar surface area (TPSA) is 278 Å². The molecule has 0 bridgehead atoms. The summed E-state index contributed by atoms with van der Waals surface area (Å²) in [6.45, 7) is 1.34. The molecule has 4 heterocycles. The van der Waals surface area contributed by atoms with Gasteiger partial charge in [-0.1, -0.05) is 23.9 Å². The monoisotopic (exact) mass is 660 g/mol. The number of hydrogen-bond donors (Lipinski definition) is 6. The fourth-order valence-corrected chi connectivity index (χ4v) is 6.10. The minimum atomic E-state index is -1.14. The number of benzene rings is 1. The Kier molecular flexibility index (Phi) is 11.8. The van der Waals surface area contributed by atoms with E-state index in [4.69, 9.17) is 26.8 Å². The summed E-state index contributed by atoms with van der Waals surface area (Å²) in [6, 6.07) is 7.77. The highest BCUT2D eigenvalue weighted by atomic mass is 32.2. The average Bonchev–Trinajstić information content (AvgIpc) is 3.38. The molecule has 3 aromatic rings. The van der Waals surface area contributed by atoms with E-state index in [2.05, 4.69) is 20.5 Å². The number of thioether (sulfide) groups is 2. The van der Waals surface area contributed by atoms with Crippen LogP contribution in [0.1, 0.15) is 28.0 Å². The van der Waals surface area contributed by atoms with Crippen LogP contribution in [-0.4, -0.2) is 97.1 Å². The van der Waals surface area contributed by atoms with Gasteiger partial charge in [0.2, 0.25) is 17.0 Å². The summed E-state index contributed by atoms with van der Waals surface area (Å²) in [4.78, 5) is 59.9. The number of phenolic OH excluding ortho intramolecular Hbond substituents is 1. The summed E-state index contributed by atoms with van der Waals surface area (Å²) in [5, 5.41) is 47.1. The van der Waals surface area contributed by atoms with Gasteiger partial charge in [-0.15, -0.1) is 16.9 Å². The van der Waals surface area contributed by atoms with Crippen molar-refractivity contribution >= 4 is 53.2 Å². The number of rotatable bonds is 9. The normalized spacial score (nSPS) is 15.0. The molecule has 2 aliphatic heterocycles. The number of amides is 3. The van der Waals surface area contributed by atoms with Crippen molar-refractivity contribution in [3.63, 3.8) is 0 Å². The largest absolute Gasteiger partial charge is 0.508 e. The van der Waals surface area contributed by atoms with E-state index in [1.54, 1.807) is 19.1 Å². The number of aromatic nitrogens is 5. The number of nitrogens with two attached hydrogens (primary N) is 2. The van der Waals surface area contributed by atoms with E-state index in [9.17, 15) is 29.1 Å². The molecule has 2 aromatic heterocycles. The van der Waals surface area contributed by atoms with E-state index in [0.717, 1.165) is 22.0 Å². The molecule has 3 amide bonds. The van der Waals surface area contributed by atoms with Crippen LogP contribution in [0, 0.1) is 6.92 Å². The minimum absolute atomic E-state index is 0.0229. The number of phenols is 1. The van der Waals surface area contributed by atoms with Crippen molar-refractivity contribution in [3.05, 3.63) is 64.6 Å². The number of carboxylic acid groups (broad SMARTS) is 2. The van der Waals surface area contributed by atoms with E-state index >= 15 is 0 Å². The molecule has 5 rings (SSSR count). The van der Waals surface area contributed by atoms with Gasteiger partial charge in [-0.05, 0) is 40.6 Å². The molecular weight excluding hydrogens is 632 g/mol. The number of primary amides is 2. The maximum Gasteiger partial charge on any atom is 0.352 e. The number of fused-ring (bicyclic) bond motifs is 1. The van der Waals surface area contributed by atoms with Crippen molar-refractivity contribution in [2.75, 3.05) is 11.5 Å². The number of carboxylic acids is 2. The fourth-order valence-electron chi connectivity index (χ4n) is 3.82. The Bertz CT molecular complexity index is 1630. The third-order valence-electron chi connectivity index (χ3n) is 5.89. The van der Waals surface area contributed by atoms with Gasteiger partial charge in [0.1, 0.15) is 23.7 Å². The van der Waals surface area contributed by atoms with Crippen LogP contribution in [0.25, 0.3) is 0 Å². The first-order valence-electron chi connectivity index (χ1n) is 12.8. The lowest BCUT2D eigenvalue weighted by Crippen LogP contribution is -2.54. The third kappa shape index (κ3) is 9.66. The lowest BCUT2D eigenvalue weighted by atomic mass is 10.1. The van der Waals surface area contributed by atoms with Crippen molar-refractivity contribution in [1.29, 1.82) is 0 Å². The summed E-state index contributed by atoms with van der Waals surface area (Å²) in [5.41, 5.74) is 12.0. The van der Waals surface area contributed by atoms with Gasteiger partial charge in [0.05, 0.1) is 23.8 Å². The second-order valence-corrected chi connectivity index (χ2v) is 11.4. The highest BCUT2D eigenvalue weighted by molar-refractivity contribution is 8.00. The zero-order valence-corrected chi connectivity index (χ0v) is 25.2. The van der Waals surface area contributed by atoms with Crippen LogP contribution in [0.15, 0.2) is 53.0 Å². The molecule has 1 fully saturated rings. The van der Waals surface area contributed by atoms with Crippen LogP contribution >= 0.6 is 23.5 Å². The minimum Gasteiger partial charge on any atom is -0.508 e. The standard InChI is InChI=1S/C11H11N5O5S2.C8H9NO2.C7H8N2O2/c17-6-1-7-16(6)9(10(20)21)5(3-22-7)4-23-11-12-13-14-15(11)2-8(18)19;9-8(11)5-6-1-3-7(10)4-2-6;1-4-2-6(10)5(3-9-4)7(8)11/h7H,1-4H2,(H,18,19)(H,20,21);1-4,10H,5H2,(H2,9,11);2-3H,1H3,(H2,8,11)(H,9,10)/t7-;;/m0../s1. The number of nitrogens with zero attached hydrogens (tertiary/aromatic N) is 6.